The van der Waals surface area contributed by atoms with E-state index in [1.165, 1.54) is 18.2 Å². The van der Waals surface area contributed by atoms with Crippen molar-refractivity contribution in [2.75, 3.05) is 6.61 Å². The number of esters is 2. The molecule has 0 fully saturated rings. The number of ether oxygens (including phenoxy) is 3. The van der Waals surface area contributed by atoms with Gasteiger partial charge in [0, 0.05) is 6.08 Å². The van der Waals surface area contributed by atoms with Gasteiger partial charge in [-0.3, -0.25) is 0 Å². The number of nitrogens with one attached hydrogen (secondary N) is 1. The molecule has 0 aromatic heterocycles. The Hall–Kier alpha value is -4.59. The molecule has 8 heteroatoms. The van der Waals surface area contributed by atoms with Crippen molar-refractivity contribution in [2.24, 2.45) is 0 Å². The summed E-state index contributed by atoms with van der Waals surface area (Å²) in [5.74, 6) is -1.67. The molecule has 0 saturated carbocycles. The zero-order valence-corrected chi connectivity index (χ0v) is 18.8. The summed E-state index contributed by atoms with van der Waals surface area (Å²) in [4.78, 5) is 37.0. The van der Waals surface area contributed by atoms with Crippen LogP contribution in [0.5, 0.6) is 5.75 Å². The Bertz CT molecular complexity index is 1130. The van der Waals surface area contributed by atoms with Crippen LogP contribution >= 0.6 is 0 Å². The van der Waals surface area contributed by atoms with Gasteiger partial charge in [-0.25, -0.2) is 14.4 Å². The quantitative estimate of drug-likeness (QED) is 0.272. The molecule has 0 bridgehead atoms. The van der Waals surface area contributed by atoms with Gasteiger partial charge in [0.25, 0.3) is 0 Å². The van der Waals surface area contributed by atoms with Crippen LogP contribution in [0.15, 0.2) is 91.0 Å². The maximum Gasteiger partial charge on any atom is 0.408 e. The first kappa shape index (κ1) is 25.0. The van der Waals surface area contributed by atoms with Crippen LogP contribution in [0.25, 0.3) is 6.08 Å². The van der Waals surface area contributed by atoms with Crippen molar-refractivity contribution in [1.29, 1.82) is 0 Å². The lowest BCUT2D eigenvalue weighted by Gasteiger charge is -2.17. The monoisotopic (exact) mass is 474 g/mol. The van der Waals surface area contributed by atoms with Gasteiger partial charge >= 0.3 is 18.0 Å². The van der Waals surface area contributed by atoms with Gasteiger partial charge in [0.2, 0.25) is 0 Å². The van der Waals surface area contributed by atoms with Crippen LogP contribution < -0.4 is 10.4 Å². The predicted molar refractivity (Wildman–Crippen MR) is 126 cm³/mol. The van der Waals surface area contributed by atoms with Crippen LogP contribution in [-0.4, -0.2) is 30.7 Å². The first-order chi connectivity index (χ1) is 17.0. The molecule has 0 saturated heterocycles. The fourth-order valence-corrected chi connectivity index (χ4v) is 2.86. The van der Waals surface area contributed by atoms with E-state index in [0.717, 1.165) is 17.2 Å². The van der Waals surface area contributed by atoms with Crippen LogP contribution in [-0.2, 0) is 37.0 Å². The molecular weight excluding hydrogens is 450 g/mol. The van der Waals surface area contributed by atoms with E-state index >= 15 is 0 Å². The largest absolute Gasteiger partial charge is 0.872 e. The molecule has 0 aliphatic rings. The van der Waals surface area contributed by atoms with Crippen molar-refractivity contribution >= 4 is 24.1 Å². The average molecular weight is 474 g/mol. The second kappa shape index (κ2) is 13.2. The van der Waals surface area contributed by atoms with Crippen LogP contribution in [0.1, 0.15) is 16.7 Å². The second-order valence-electron chi connectivity index (χ2n) is 7.38. The molecule has 1 atom stereocenters. The summed E-state index contributed by atoms with van der Waals surface area (Å²) in [5, 5.41) is 13.5. The van der Waals surface area contributed by atoms with E-state index in [-0.39, 0.29) is 19.0 Å². The number of hydrogen-bond acceptors (Lipinski definition) is 7. The standard InChI is InChI=1S/C27H25NO7/c29-23-14-11-20(12-15-23)13-16-25(30)33-19-24(26(31)34-17-21-7-3-1-4-8-21)28-27(32)35-18-22-9-5-2-6-10-22/h1-16,24,29H,17-19H2,(H,28,32)/p-1/b16-13+. The molecule has 1 unspecified atom stereocenters. The molecular formula is C27H24NO7-. The molecule has 8 nitrogen and oxygen atoms in total. The summed E-state index contributed by atoms with van der Waals surface area (Å²) in [6, 6.07) is 22.6. The van der Waals surface area contributed by atoms with Gasteiger partial charge in [-0.15, -0.1) is 5.75 Å². The van der Waals surface area contributed by atoms with E-state index in [0.29, 0.717) is 5.56 Å². The summed E-state index contributed by atoms with van der Waals surface area (Å²) < 4.78 is 15.6. The average Bonchev–Trinajstić information content (AvgIpc) is 2.89. The summed E-state index contributed by atoms with van der Waals surface area (Å²) in [6.45, 7) is -0.472. The van der Waals surface area contributed by atoms with Gasteiger partial charge in [0.05, 0.1) is 0 Å². The Morgan fingerprint density at radius 3 is 1.94 bits per heavy atom. The first-order valence-electron chi connectivity index (χ1n) is 10.8. The van der Waals surface area contributed by atoms with Crippen LogP contribution in [0.3, 0.4) is 0 Å². The van der Waals surface area contributed by atoms with E-state index in [2.05, 4.69) is 5.32 Å². The number of rotatable bonds is 10. The Morgan fingerprint density at radius 1 is 0.771 bits per heavy atom. The third-order valence-corrected chi connectivity index (χ3v) is 4.70. The molecule has 35 heavy (non-hydrogen) atoms. The molecule has 1 N–H and O–H groups in total. The number of alkyl carbamates (subject to hydrolysis) is 1. The summed E-state index contributed by atoms with van der Waals surface area (Å²) >= 11 is 0. The normalized spacial score (nSPS) is 11.4. The highest BCUT2D eigenvalue weighted by molar-refractivity contribution is 5.88. The fraction of sp³-hybridized carbons (Fsp3) is 0.148. The van der Waals surface area contributed by atoms with Crippen LogP contribution in [0.4, 0.5) is 4.79 Å². The minimum Gasteiger partial charge on any atom is -0.872 e. The summed E-state index contributed by atoms with van der Waals surface area (Å²) in [5.41, 5.74) is 2.16. The Balaban J connectivity index is 1.57. The van der Waals surface area contributed by atoms with Crippen molar-refractivity contribution in [3.05, 3.63) is 108 Å². The van der Waals surface area contributed by atoms with E-state index in [1.54, 1.807) is 48.5 Å². The number of amides is 1. The lowest BCUT2D eigenvalue weighted by Crippen LogP contribution is -2.45. The Labute approximate surface area is 202 Å². The zero-order chi connectivity index (χ0) is 24.9. The second-order valence-corrected chi connectivity index (χ2v) is 7.38. The molecule has 0 spiro atoms. The van der Waals surface area contributed by atoms with Gasteiger partial charge < -0.3 is 24.6 Å². The van der Waals surface area contributed by atoms with Crippen molar-refractivity contribution in [1.82, 2.24) is 5.32 Å². The van der Waals surface area contributed by atoms with E-state index in [4.69, 9.17) is 14.2 Å². The Morgan fingerprint density at radius 2 is 1.34 bits per heavy atom. The van der Waals surface area contributed by atoms with Gasteiger partial charge in [-0.05, 0) is 22.8 Å². The first-order valence-corrected chi connectivity index (χ1v) is 10.8. The smallest absolute Gasteiger partial charge is 0.408 e. The molecule has 3 aromatic rings. The van der Waals surface area contributed by atoms with Gasteiger partial charge in [0.15, 0.2) is 6.04 Å². The fourth-order valence-electron chi connectivity index (χ4n) is 2.86. The van der Waals surface area contributed by atoms with Gasteiger partial charge in [-0.1, -0.05) is 84.9 Å². The van der Waals surface area contributed by atoms with E-state index < -0.39 is 30.7 Å². The highest BCUT2D eigenvalue weighted by Crippen LogP contribution is 2.09. The van der Waals surface area contributed by atoms with Crippen molar-refractivity contribution < 1.29 is 33.7 Å². The van der Waals surface area contributed by atoms with E-state index in [1.807, 2.05) is 24.3 Å². The van der Waals surface area contributed by atoms with E-state index in [9.17, 15) is 19.5 Å². The third kappa shape index (κ3) is 9.05. The van der Waals surface area contributed by atoms with Crippen LogP contribution in [0.2, 0.25) is 0 Å². The number of carbonyl (C=O) groups excluding carboxylic acids is 3. The molecule has 180 valence electrons. The lowest BCUT2D eigenvalue weighted by atomic mass is 10.2. The minimum absolute atomic E-state index is 0.00311. The van der Waals surface area contributed by atoms with Crippen molar-refractivity contribution in [3.63, 3.8) is 0 Å². The predicted octanol–water partition coefficient (Wildman–Crippen LogP) is 3.36. The molecule has 3 aromatic carbocycles. The molecule has 1 amide bonds. The number of hydrogen-bond donors (Lipinski definition) is 1. The van der Waals surface area contributed by atoms with Crippen molar-refractivity contribution in [2.45, 2.75) is 19.3 Å². The molecule has 3 rings (SSSR count). The molecule has 0 aliphatic heterocycles. The Kier molecular flexibility index (Phi) is 9.44. The number of benzene rings is 3. The maximum atomic E-state index is 12.6. The minimum atomic E-state index is -1.28. The van der Waals surface area contributed by atoms with Crippen molar-refractivity contribution in [3.8, 4) is 5.75 Å². The topological polar surface area (TPSA) is 114 Å². The maximum absolute atomic E-state index is 12.6. The SMILES string of the molecule is O=C(/C=C/c1ccc([O-])cc1)OCC(NC(=O)OCc1ccccc1)C(=O)OCc1ccccc1. The highest BCUT2D eigenvalue weighted by atomic mass is 16.6. The summed E-state index contributed by atoms with van der Waals surface area (Å²) in [7, 11) is 0. The third-order valence-electron chi connectivity index (χ3n) is 4.70. The molecule has 0 radical (unpaired) electrons. The molecule has 0 aliphatic carbocycles. The van der Waals surface area contributed by atoms with Gasteiger partial charge in [0.1, 0.15) is 19.8 Å². The van der Waals surface area contributed by atoms with Crippen LogP contribution in [0, 0.1) is 0 Å². The lowest BCUT2D eigenvalue weighted by molar-refractivity contribution is -0.268. The summed E-state index contributed by atoms with van der Waals surface area (Å²) in [6.07, 6.45) is 1.76. The zero-order valence-electron chi connectivity index (χ0n) is 18.8. The molecule has 0 heterocycles. The highest BCUT2D eigenvalue weighted by Gasteiger charge is 2.25. The van der Waals surface area contributed by atoms with Gasteiger partial charge in [-0.2, -0.15) is 0 Å². The number of carbonyl (C=O) groups is 3.